The first-order valence-corrected chi connectivity index (χ1v) is 6.50. The zero-order valence-electron chi connectivity index (χ0n) is 11.4. The van der Waals surface area contributed by atoms with Crippen LogP contribution in [0, 0.1) is 0 Å². The Labute approximate surface area is 141 Å². The van der Waals surface area contributed by atoms with Crippen LogP contribution in [0.1, 0.15) is 18.7 Å². The SMILES string of the molecule is CC(=O)c1ccc(S)c(Sc2ccccc2)c1.[H-].[Na+]. The van der Waals surface area contributed by atoms with Crippen LogP contribution in [0.2, 0.25) is 0 Å². The minimum absolute atomic E-state index is 0. The molecule has 4 heteroatoms. The molecular weight excluding hydrogens is 271 g/mol. The molecule has 0 radical (unpaired) electrons. The zero-order chi connectivity index (χ0) is 12.3. The molecule has 0 aromatic heterocycles. The van der Waals surface area contributed by atoms with Crippen LogP contribution < -0.4 is 29.6 Å². The maximum Gasteiger partial charge on any atom is 1.00 e. The van der Waals surface area contributed by atoms with Crippen LogP contribution in [-0.4, -0.2) is 5.78 Å². The van der Waals surface area contributed by atoms with Gasteiger partial charge in [0.25, 0.3) is 0 Å². The maximum absolute atomic E-state index is 11.3. The zero-order valence-corrected chi connectivity index (χ0v) is 14.1. The third-order valence-electron chi connectivity index (χ3n) is 2.34. The third-order valence-corrected chi connectivity index (χ3v) is 3.94. The van der Waals surface area contributed by atoms with E-state index >= 15 is 0 Å². The Morgan fingerprint density at radius 2 is 1.83 bits per heavy atom. The van der Waals surface area contributed by atoms with E-state index in [0.717, 1.165) is 20.2 Å². The number of benzene rings is 2. The third kappa shape index (κ3) is 4.18. The van der Waals surface area contributed by atoms with Gasteiger partial charge < -0.3 is 1.43 Å². The van der Waals surface area contributed by atoms with E-state index in [-0.39, 0.29) is 36.8 Å². The predicted molar refractivity (Wildman–Crippen MR) is 75.4 cm³/mol. The smallest absolute Gasteiger partial charge is 1.00 e. The normalized spacial score (nSPS) is 9.67. The predicted octanol–water partition coefficient (Wildman–Crippen LogP) is 1.45. The molecule has 0 unspecified atom stereocenters. The Morgan fingerprint density at radius 3 is 2.44 bits per heavy atom. The first-order chi connectivity index (χ1) is 8.16. The van der Waals surface area contributed by atoms with Crippen LogP contribution in [-0.2, 0) is 0 Å². The number of ketones is 1. The fraction of sp³-hybridized carbons (Fsp3) is 0.0714. The molecule has 88 valence electrons. The topological polar surface area (TPSA) is 17.1 Å². The van der Waals surface area contributed by atoms with Crippen LogP contribution in [0.15, 0.2) is 63.2 Å². The van der Waals surface area contributed by atoms with Gasteiger partial charge in [0.05, 0.1) is 0 Å². The Balaban J connectivity index is 0.00000162. The minimum atomic E-state index is 0. The Hall–Kier alpha value is -0.190. The molecule has 1 nitrogen and oxygen atoms in total. The fourth-order valence-corrected chi connectivity index (χ4v) is 2.61. The Kier molecular flexibility index (Phi) is 6.53. The first-order valence-electron chi connectivity index (χ1n) is 5.23. The van der Waals surface area contributed by atoms with Crippen molar-refractivity contribution in [2.45, 2.75) is 21.6 Å². The summed E-state index contributed by atoms with van der Waals surface area (Å²) in [4.78, 5) is 14.4. The summed E-state index contributed by atoms with van der Waals surface area (Å²) in [5.74, 6) is 0.0771. The van der Waals surface area contributed by atoms with E-state index in [9.17, 15) is 4.79 Å². The van der Waals surface area contributed by atoms with E-state index < -0.39 is 0 Å². The van der Waals surface area contributed by atoms with Gasteiger partial charge in [-0.05, 0) is 31.2 Å². The molecule has 0 saturated carbocycles. The van der Waals surface area contributed by atoms with Gasteiger partial charge in [-0.1, -0.05) is 36.0 Å². The van der Waals surface area contributed by atoms with Gasteiger partial charge in [0.15, 0.2) is 5.78 Å². The quantitative estimate of drug-likeness (QED) is 0.522. The van der Waals surface area contributed by atoms with Crippen molar-refractivity contribution in [1.29, 1.82) is 0 Å². The van der Waals surface area contributed by atoms with E-state index in [0.29, 0.717) is 0 Å². The van der Waals surface area contributed by atoms with Gasteiger partial charge in [0.1, 0.15) is 0 Å². The molecule has 0 spiro atoms. The number of thiol groups is 1. The molecule has 0 heterocycles. The van der Waals surface area contributed by atoms with Crippen molar-refractivity contribution in [3.05, 3.63) is 54.1 Å². The van der Waals surface area contributed by atoms with Gasteiger partial charge in [-0.15, -0.1) is 12.6 Å². The van der Waals surface area contributed by atoms with Crippen LogP contribution >= 0.6 is 24.4 Å². The molecule has 0 aliphatic heterocycles. The van der Waals surface area contributed by atoms with Crippen molar-refractivity contribution in [2.24, 2.45) is 0 Å². The van der Waals surface area contributed by atoms with E-state index in [4.69, 9.17) is 0 Å². The van der Waals surface area contributed by atoms with Crippen molar-refractivity contribution in [3.8, 4) is 0 Å². The molecule has 0 bridgehead atoms. The molecule has 18 heavy (non-hydrogen) atoms. The van der Waals surface area contributed by atoms with Crippen LogP contribution in [0.4, 0.5) is 0 Å². The summed E-state index contributed by atoms with van der Waals surface area (Å²) in [5, 5.41) is 0. The van der Waals surface area contributed by atoms with Crippen LogP contribution in [0.3, 0.4) is 0 Å². The second kappa shape index (κ2) is 7.41. The summed E-state index contributed by atoms with van der Waals surface area (Å²) in [5.41, 5.74) is 0.723. The summed E-state index contributed by atoms with van der Waals surface area (Å²) in [6.45, 7) is 1.57. The van der Waals surface area contributed by atoms with Crippen molar-refractivity contribution in [3.63, 3.8) is 0 Å². The van der Waals surface area contributed by atoms with E-state index in [2.05, 4.69) is 12.6 Å². The number of hydrogen-bond acceptors (Lipinski definition) is 3. The monoisotopic (exact) mass is 284 g/mol. The van der Waals surface area contributed by atoms with Crippen LogP contribution in [0.5, 0.6) is 0 Å². The van der Waals surface area contributed by atoms with E-state index in [1.54, 1.807) is 24.8 Å². The number of rotatable bonds is 3. The molecule has 2 rings (SSSR count). The molecule has 0 atom stereocenters. The number of Topliss-reactive ketones (excluding diaryl/α,β-unsaturated/α-hetero) is 1. The average Bonchev–Trinajstić information content (AvgIpc) is 2.33. The van der Waals surface area contributed by atoms with Crippen LogP contribution in [0.25, 0.3) is 0 Å². The molecule has 0 N–H and O–H groups in total. The molecule has 0 fully saturated rings. The van der Waals surface area contributed by atoms with Gasteiger partial charge in [0, 0.05) is 20.2 Å². The summed E-state index contributed by atoms with van der Waals surface area (Å²) >= 11 is 6.03. The average molecular weight is 284 g/mol. The molecule has 0 aliphatic carbocycles. The summed E-state index contributed by atoms with van der Waals surface area (Å²) < 4.78 is 0. The standard InChI is InChI=1S/C14H12OS2.Na.H/c1-10(15)11-7-8-13(16)14(9-11)17-12-5-3-2-4-6-12;;/h2-9,16H,1H3;;/q;+1;-1. The summed E-state index contributed by atoms with van der Waals surface area (Å²) in [7, 11) is 0. The molecule has 0 saturated heterocycles. The van der Waals surface area contributed by atoms with Crippen molar-refractivity contribution < 1.29 is 35.8 Å². The van der Waals surface area contributed by atoms with Gasteiger partial charge in [-0.3, -0.25) is 4.79 Å². The van der Waals surface area contributed by atoms with Gasteiger partial charge in [-0.2, -0.15) is 0 Å². The van der Waals surface area contributed by atoms with E-state index in [1.807, 2.05) is 42.5 Å². The fourth-order valence-electron chi connectivity index (χ4n) is 1.43. The maximum atomic E-state index is 11.3. The molecule has 0 amide bonds. The van der Waals surface area contributed by atoms with Gasteiger partial charge in [-0.25, -0.2) is 0 Å². The second-order valence-electron chi connectivity index (χ2n) is 3.65. The second-order valence-corrected chi connectivity index (χ2v) is 5.25. The number of carbonyl (C=O) groups is 1. The number of carbonyl (C=O) groups excluding carboxylic acids is 1. The molecule has 2 aromatic carbocycles. The summed E-state index contributed by atoms with van der Waals surface area (Å²) in [6.07, 6.45) is 0. The summed E-state index contributed by atoms with van der Waals surface area (Å²) in [6, 6.07) is 15.6. The Morgan fingerprint density at radius 1 is 1.17 bits per heavy atom. The molecule has 0 aliphatic rings. The number of hydrogen-bond donors (Lipinski definition) is 1. The minimum Gasteiger partial charge on any atom is -1.00 e. The van der Waals surface area contributed by atoms with Gasteiger partial charge in [0.2, 0.25) is 0 Å². The molecular formula is C14H13NaOS2. The van der Waals surface area contributed by atoms with Gasteiger partial charge >= 0.3 is 29.6 Å². The van der Waals surface area contributed by atoms with Crippen molar-refractivity contribution >= 4 is 30.2 Å². The first kappa shape index (κ1) is 15.9. The molecule has 2 aromatic rings. The Bertz CT molecular complexity index is 546. The van der Waals surface area contributed by atoms with Crippen molar-refractivity contribution in [1.82, 2.24) is 0 Å². The van der Waals surface area contributed by atoms with Crippen molar-refractivity contribution in [2.75, 3.05) is 0 Å². The largest absolute Gasteiger partial charge is 1.00 e. The van der Waals surface area contributed by atoms with E-state index in [1.165, 1.54) is 0 Å².